The van der Waals surface area contributed by atoms with E-state index in [-0.39, 0.29) is 11.9 Å². The Bertz CT molecular complexity index is 154. The van der Waals surface area contributed by atoms with Gasteiger partial charge in [0.15, 0.2) is 5.96 Å². The fraction of sp³-hybridized carbons (Fsp3) is 0.667. The molecule has 1 atom stereocenters. The number of aliphatic carboxylic acids is 1. The fourth-order valence-electron chi connectivity index (χ4n) is 0.285. The van der Waals surface area contributed by atoms with E-state index < -0.39 is 12.0 Å². The fourth-order valence-corrected chi connectivity index (χ4v) is 0.285. The molecule has 0 unspecified atom stereocenters. The molecule has 0 rings (SSSR count). The van der Waals surface area contributed by atoms with Gasteiger partial charge >= 0.3 is 5.97 Å². The SMILES string of the molecule is CC(C)[C@H](N)C(=O)O.N=C(N)N. The van der Waals surface area contributed by atoms with Crippen LogP contribution < -0.4 is 17.2 Å². The van der Waals surface area contributed by atoms with Crippen LogP contribution in [0.3, 0.4) is 0 Å². The Hall–Kier alpha value is -1.30. The molecular weight excluding hydrogens is 160 g/mol. The van der Waals surface area contributed by atoms with E-state index >= 15 is 0 Å². The summed E-state index contributed by atoms with van der Waals surface area (Å²) in [4.78, 5) is 10.0. The smallest absolute Gasteiger partial charge is 0.320 e. The van der Waals surface area contributed by atoms with E-state index in [1.54, 1.807) is 13.8 Å². The lowest BCUT2D eigenvalue weighted by Gasteiger charge is -2.07. The van der Waals surface area contributed by atoms with Crippen molar-refractivity contribution in [2.75, 3.05) is 0 Å². The van der Waals surface area contributed by atoms with Crippen molar-refractivity contribution in [1.29, 1.82) is 5.41 Å². The summed E-state index contributed by atoms with van der Waals surface area (Å²) >= 11 is 0. The molecule has 0 saturated heterocycles. The molecule has 0 fully saturated rings. The maximum Gasteiger partial charge on any atom is 0.320 e. The summed E-state index contributed by atoms with van der Waals surface area (Å²) in [5, 5.41) is 14.3. The monoisotopic (exact) mass is 176 g/mol. The van der Waals surface area contributed by atoms with Gasteiger partial charge in [-0.3, -0.25) is 10.2 Å². The lowest BCUT2D eigenvalue weighted by molar-refractivity contribution is -0.139. The number of hydrogen-bond acceptors (Lipinski definition) is 3. The van der Waals surface area contributed by atoms with E-state index in [0.29, 0.717) is 0 Å². The van der Waals surface area contributed by atoms with Crippen molar-refractivity contribution in [3.05, 3.63) is 0 Å². The van der Waals surface area contributed by atoms with Gasteiger partial charge in [0.05, 0.1) is 0 Å². The highest BCUT2D eigenvalue weighted by Gasteiger charge is 2.14. The van der Waals surface area contributed by atoms with Crippen LogP contribution in [0.15, 0.2) is 0 Å². The number of hydrogen-bond donors (Lipinski definition) is 5. The summed E-state index contributed by atoms with van der Waals surface area (Å²) in [6.45, 7) is 3.55. The van der Waals surface area contributed by atoms with Gasteiger partial charge in [-0.15, -0.1) is 0 Å². The number of rotatable bonds is 2. The second-order valence-electron chi connectivity index (χ2n) is 2.56. The number of carbonyl (C=O) groups is 1. The number of carboxylic acids is 1. The molecule has 0 heterocycles. The first-order valence-electron chi connectivity index (χ1n) is 3.37. The number of carboxylic acid groups (broad SMARTS) is 1. The zero-order valence-electron chi connectivity index (χ0n) is 7.24. The Balaban J connectivity index is 0. The third-order valence-electron chi connectivity index (χ3n) is 1.00. The lowest BCUT2D eigenvalue weighted by Crippen LogP contribution is -2.34. The van der Waals surface area contributed by atoms with Crippen LogP contribution in [0.25, 0.3) is 0 Å². The van der Waals surface area contributed by atoms with Gasteiger partial charge in [0.25, 0.3) is 0 Å². The zero-order valence-corrected chi connectivity index (χ0v) is 7.24. The van der Waals surface area contributed by atoms with Crippen LogP contribution in [0.5, 0.6) is 0 Å². The highest BCUT2D eigenvalue weighted by atomic mass is 16.4. The molecule has 0 aromatic rings. The first-order chi connectivity index (χ1) is 5.29. The topological polar surface area (TPSA) is 139 Å². The standard InChI is InChI=1S/C5H11NO2.CH5N3/c1-3(2)4(6)5(7)8;2-1(3)4/h3-4H,6H2,1-2H3,(H,7,8);(H5,2,3,4)/t4-;/m0./s1. The van der Waals surface area contributed by atoms with E-state index in [1.165, 1.54) is 0 Å². The van der Waals surface area contributed by atoms with Gasteiger partial charge in [0.2, 0.25) is 0 Å². The summed E-state index contributed by atoms with van der Waals surface area (Å²) < 4.78 is 0. The lowest BCUT2D eigenvalue weighted by atomic mass is 10.1. The number of guanidine groups is 1. The molecule has 0 aromatic carbocycles. The molecule has 6 nitrogen and oxygen atoms in total. The van der Waals surface area contributed by atoms with Crippen molar-refractivity contribution in [2.24, 2.45) is 23.1 Å². The van der Waals surface area contributed by atoms with Gasteiger partial charge < -0.3 is 22.3 Å². The Labute approximate surface area is 71.2 Å². The molecule has 0 saturated carbocycles. The Kier molecular flexibility index (Phi) is 7.11. The predicted molar refractivity (Wildman–Crippen MR) is 46.6 cm³/mol. The summed E-state index contributed by atoms with van der Waals surface area (Å²) in [6, 6.07) is -0.713. The molecule has 0 amide bonds. The molecule has 0 radical (unpaired) electrons. The van der Waals surface area contributed by atoms with Gasteiger partial charge in [-0.1, -0.05) is 13.8 Å². The van der Waals surface area contributed by atoms with Crippen molar-refractivity contribution < 1.29 is 9.90 Å². The van der Waals surface area contributed by atoms with Gasteiger partial charge in [-0.25, -0.2) is 0 Å². The summed E-state index contributed by atoms with van der Waals surface area (Å²) in [5.74, 6) is -1.24. The summed E-state index contributed by atoms with van der Waals surface area (Å²) in [6.07, 6.45) is 0. The minimum atomic E-state index is -0.931. The molecule has 0 aromatic heterocycles. The average Bonchev–Trinajstić information content (AvgIpc) is 1.84. The second-order valence-corrected chi connectivity index (χ2v) is 2.56. The van der Waals surface area contributed by atoms with Crippen LogP contribution in [0.4, 0.5) is 0 Å². The normalized spacial score (nSPS) is 11.3. The van der Waals surface area contributed by atoms with Crippen molar-refractivity contribution in [3.8, 4) is 0 Å². The molecule has 0 aliphatic heterocycles. The minimum Gasteiger partial charge on any atom is -0.480 e. The Morgan fingerprint density at radius 2 is 1.67 bits per heavy atom. The first-order valence-corrected chi connectivity index (χ1v) is 3.37. The van der Waals surface area contributed by atoms with Gasteiger partial charge in [0, 0.05) is 0 Å². The van der Waals surface area contributed by atoms with Crippen LogP contribution in [-0.2, 0) is 4.79 Å². The number of nitrogens with two attached hydrogens (primary N) is 3. The number of nitrogens with one attached hydrogen (secondary N) is 1. The zero-order chi connectivity index (χ0) is 10.3. The Morgan fingerprint density at radius 1 is 1.42 bits per heavy atom. The average molecular weight is 176 g/mol. The van der Waals surface area contributed by atoms with Crippen LogP contribution in [-0.4, -0.2) is 23.1 Å². The molecule has 0 aliphatic carbocycles. The van der Waals surface area contributed by atoms with E-state index in [1.807, 2.05) is 0 Å². The van der Waals surface area contributed by atoms with E-state index in [2.05, 4.69) is 11.5 Å². The van der Waals surface area contributed by atoms with E-state index in [9.17, 15) is 4.79 Å². The molecule has 0 bridgehead atoms. The molecule has 12 heavy (non-hydrogen) atoms. The van der Waals surface area contributed by atoms with Gasteiger partial charge in [-0.2, -0.15) is 0 Å². The minimum absolute atomic E-state index is 0.0208. The van der Waals surface area contributed by atoms with E-state index in [4.69, 9.17) is 16.2 Å². The third-order valence-corrected chi connectivity index (χ3v) is 1.00. The van der Waals surface area contributed by atoms with Crippen LogP contribution in [0.1, 0.15) is 13.8 Å². The summed E-state index contributed by atoms with van der Waals surface area (Å²) in [7, 11) is 0. The molecule has 0 spiro atoms. The molecule has 8 N–H and O–H groups in total. The largest absolute Gasteiger partial charge is 0.480 e. The predicted octanol–water partition coefficient (Wildman–Crippen LogP) is -1.11. The highest BCUT2D eigenvalue weighted by Crippen LogP contribution is 1.96. The first kappa shape index (κ1) is 13.3. The van der Waals surface area contributed by atoms with Crippen molar-refractivity contribution >= 4 is 11.9 Å². The maximum absolute atomic E-state index is 10.0. The second kappa shape index (κ2) is 6.41. The van der Waals surface area contributed by atoms with Crippen LogP contribution in [0.2, 0.25) is 0 Å². The van der Waals surface area contributed by atoms with Crippen molar-refractivity contribution in [2.45, 2.75) is 19.9 Å². The molecular formula is C6H16N4O2. The van der Waals surface area contributed by atoms with Crippen LogP contribution in [0, 0.1) is 11.3 Å². The van der Waals surface area contributed by atoms with Crippen molar-refractivity contribution in [3.63, 3.8) is 0 Å². The van der Waals surface area contributed by atoms with Crippen LogP contribution >= 0.6 is 0 Å². The van der Waals surface area contributed by atoms with Crippen molar-refractivity contribution in [1.82, 2.24) is 0 Å². The highest BCUT2D eigenvalue weighted by molar-refractivity contribution is 5.73. The summed E-state index contributed by atoms with van der Waals surface area (Å²) in [5.41, 5.74) is 14.1. The van der Waals surface area contributed by atoms with E-state index in [0.717, 1.165) is 0 Å². The van der Waals surface area contributed by atoms with Gasteiger partial charge in [-0.05, 0) is 5.92 Å². The quantitative estimate of drug-likeness (QED) is 0.268. The third kappa shape index (κ3) is 11.5. The Morgan fingerprint density at radius 3 is 1.67 bits per heavy atom. The molecule has 72 valence electrons. The maximum atomic E-state index is 10.0. The molecule has 0 aliphatic rings. The van der Waals surface area contributed by atoms with Gasteiger partial charge in [0.1, 0.15) is 6.04 Å². The molecule has 6 heteroatoms.